The van der Waals surface area contributed by atoms with E-state index in [1.54, 1.807) is 6.07 Å². The van der Waals surface area contributed by atoms with Gasteiger partial charge in [-0.15, -0.1) is 0 Å². The first kappa shape index (κ1) is 15.6. The van der Waals surface area contributed by atoms with Crippen molar-refractivity contribution in [2.24, 2.45) is 0 Å². The predicted octanol–water partition coefficient (Wildman–Crippen LogP) is 1.44. The van der Waals surface area contributed by atoms with E-state index in [-0.39, 0.29) is 12.2 Å². The van der Waals surface area contributed by atoms with E-state index in [9.17, 15) is 4.79 Å². The van der Waals surface area contributed by atoms with Gasteiger partial charge >= 0.3 is 5.97 Å². The fourth-order valence-corrected chi connectivity index (χ4v) is 0.894. The summed E-state index contributed by atoms with van der Waals surface area (Å²) in [5, 5.41) is 8.35. The van der Waals surface area contributed by atoms with Crippen molar-refractivity contribution in [3.8, 4) is 6.07 Å². The number of hydrogen-bond acceptors (Lipinski definition) is 5. The van der Waals surface area contributed by atoms with Gasteiger partial charge in [0.25, 0.3) is 0 Å². The molecule has 0 aliphatic rings. The van der Waals surface area contributed by atoms with Gasteiger partial charge in [-0.2, -0.15) is 5.26 Å². The van der Waals surface area contributed by atoms with E-state index in [0.29, 0.717) is 19.8 Å². The summed E-state index contributed by atoms with van der Waals surface area (Å²) < 4.78 is 15.1. The number of ether oxygens (including phenoxy) is 3. The van der Waals surface area contributed by atoms with E-state index < -0.39 is 5.97 Å². The molecule has 0 fully saturated rings. The zero-order valence-electron chi connectivity index (χ0n) is 10.2. The molecule has 0 unspecified atom stereocenters. The van der Waals surface area contributed by atoms with Gasteiger partial charge in [0.1, 0.15) is 18.2 Å². The van der Waals surface area contributed by atoms with Crippen LogP contribution in [0.1, 0.15) is 19.8 Å². The van der Waals surface area contributed by atoms with Crippen LogP contribution < -0.4 is 0 Å². The Morgan fingerprint density at radius 2 is 1.76 bits per heavy atom. The summed E-state index contributed by atoms with van der Waals surface area (Å²) in [6.07, 6.45) is 2.16. The first-order valence-electron chi connectivity index (χ1n) is 5.64. The van der Waals surface area contributed by atoms with Gasteiger partial charge in [0.05, 0.1) is 19.8 Å². The molecule has 0 atom stereocenters. The molecule has 0 saturated heterocycles. The topological polar surface area (TPSA) is 68.6 Å². The Kier molecular flexibility index (Phi) is 10.2. The number of hydrogen-bond donors (Lipinski definition) is 0. The standard InChI is InChI=1S/C12H19NO4/c1-3-4-5-15-6-7-16-8-9-17-12(14)11(2)10-13/h2-9H2,1H3. The average Bonchev–Trinajstić information content (AvgIpc) is 2.35. The minimum absolute atomic E-state index is 0.120. The smallest absolute Gasteiger partial charge is 0.348 e. The third kappa shape index (κ3) is 9.54. The first-order valence-corrected chi connectivity index (χ1v) is 5.64. The van der Waals surface area contributed by atoms with E-state index in [0.717, 1.165) is 19.4 Å². The quantitative estimate of drug-likeness (QED) is 0.250. The molecule has 0 heterocycles. The minimum atomic E-state index is -0.699. The van der Waals surface area contributed by atoms with Crippen LogP contribution in [-0.2, 0) is 19.0 Å². The van der Waals surface area contributed by atoms with Gasteiger partial charge in [-0.05, 0) is 6.42 Å². The SMILES string of the molecule is C=C(C#N)C(=O)OCCOCCOCCCC. The molecule has 0 amide bonds. The van der Waals surface area contributed by atoms with Crippen molar-refractivity contribution in [1.29, 1.82) is 5.26 Å². The Labute approximate surface area is 102 Å². The number of carbonyl (C=O) groups excluding carboxylic acids is 1. The lowest BCUT2D eigenvalue weighted by Crippen LogP contribution is -2.13. The molecular formula is C12H19NO4. The molecule has 0 N–H and O–H groups in total. The highest BCUT2D eigenvalue weighted by molar-refractivity contribution is 5.91. The Bertz CT molecular complexity index is 270. The van der Waals surface area contributed by atoms with Gasteiger partial charge in [-0.1, -0.05) is 19.9 Å². The maximum absolute atomic E-state index is 11.0. The molecule has 5 heteroatoms. The molecule has 0 aromatic carbocycles. The number of nitrogens with zero attached hydrogens (tertiary/aromatic N) is 1. The van der Waals surface area contributed by atoms with Crippen molar-refractivity contribution < 1.29 is 19.0 Å². The molecule has 96 valence electrons. The predicted molar refractivity (Wildman–Crippen MR) is 62.3 cm³/mol. The molecule has 17 heavy (non-hydrogen) atoms. The molecule has 0 rings (SSSR count). The number of unbranched alkanes of at least 4 members (excludes halogenated alkanes) is 1. The number of nitriles is 1. The second-order valence-electron chi connectivity index (χ2n) is 3.30. The summed E-state index contributed by atoms with van der Waals surface area (Å²) in [6, 6.07) is 1.62. The molecule has 0 aromatic rings. The monoisotopic (exact) mass is 241 g/mol. The van der Waals surface area contributed by atoms with Gasteiger partial charge in [-0.25, -0.2) is 4.79 Å². The first-order chi connectivity index (χ1) is 8.22. The lowest BCUT2D eigenvalue weighted by molar-refractivity contribution is -0.140. The fraction of sp³-hybridized carbons (Fsp3) is 0.667. The minimum Gasteiger partial charge on any atom is -0.459 e. The molecular weight excluding hydrogens is 222 g/mol. The van der Waals surface area contributed by atoms with Crippen LogP contribution in [0.4, 0.5) is 0 Å². The molecule has 0 spiro atoms. The van der Waals surface area contributed by atoms with Crippen LogP contribution in [0.25, 0.3) is 0 Å². The van der Waals surface area contributed by atoms with Crippen molar-refractivity contribution in [1.82, 2.24) is 0 Å². The van der Waals surface area contributed by atoms with Crippen LogP contribution in [-0.4, -0.2) is 39.0 Å². The van der Waals surface area contributed by atoms with Gasteiger partial charge in [-0.3, -0.25) is 0 Å². The van der Waals surface area contributed by atoms with Crippen LogP contribution in [0.5, 0.6) is 0 Å². The van der Waals surface area contributed by atoms with E-state index >= 15 is 0 Å². The summed E-state index contributed by atoms with van der Waals surface area (Å²) in [4.78, 5) is 11.0. The zero-order valence-corrected chi connectivity index (χ0v) is 10.2. The van der Waals surface area contributed by atoms with Gasteiger partial charge in [0, 0.05) is 6.61 Å². The summed E-state index contributed by atoms with van der Waals surface area (Å²) in [7, 11) is 0. The average molecular weight is 241 g/mol. The van der Waals surface area contributed by atoms with Gasteiger partial charge in [0.15, 0.2) is 0 Å². The van der Waals surface area contributed by atoms with Crippen LogP contribution in [0.15, 0.2) is 12.2 Å². The molecule has 5 nitrogen and oxygen atoms in total. The molecule has 0 aliphatic heterocycles. The van der Waals surface area contributed by atoms with Crippen molar-refractivity contribution in [3.05, 3.63) is 12.2 Å². The Morgan fingerprint density at radius 1 is 1.18 bits per heavy atom. The summed E-state index contributed by atoms with van der Waals surface area (Å²) >= 11 is 0. The van der Waals surface area contributed by atoms with Crippen LogP contribution in [0, 0.1) is 11.3 Å². The molecule has 0 aliphatic carbocycles. The zero-order chi connectivity index (χ0) is 12.9. The van der Waals surface area contributed by atoms with Crippen LogP contribution >= 0.6 is 0 Å². The fourth-order valence-electron chi connectivity index (χ4n) is 0.894. The van der Waals surface area contributed by atoms with Crippen molar-refractivity contribution in [2.45, 2.75) is 19.8 Å². The van der Waals surface area contributed by atoms with E-state index in [1.807, 2.05) is 0 Å². The van der Waals surface area contributed by atoms with Crippen LogP contribution in [0.2, 0.25) is 0 Å². The van der Waals surface area contributed by atoms with Gasteiger partial charge < -0.3 is 14.2 Å². The lowest BCUT2D eigenvalue weighted by Gasteiger charge is -2.06. The van der Waals surface area contributed by atoms with Crippen molar-refractivity contribution in [3.63, 3.8) is 0 Å². The van der Waals surface area contributed by atoms with Gasteiger partial charge in [0.2, 0.25) is 0 Å². The molecule has 0 bridgehead atoms. The Morgan fingerprint density at radius 3 is 2.35 bits per heavy atom. The number of esters is 1. The summed E-state index contributed by atoms with van der Waals surface area (Å²) in [5.74, 6) is -0.699. The largest absolute Gasteiger partial charge is 0.459 e. The highest BCUT2D eigenvalue weighted by Crippen LogP contribution is 1.92. The maximum Gasteiger partial charge on any atom is 0.348 e. The Hall–Kier alpha value is -1.38. The number of carbonyl (C=O) groups is 1. The van der Waals surface area contributed by atoms with Crippen LogP contribution in [0.3, 0.4) is 0 Å². The highest BCUT2D eigenvalue weighted by atomic mass is 16.6. The van der Waals surface area contributed by atoms with E-state index in [1.165, 1.54) is 0 Å². The summed E-state index contributed by atoms with van der Waals surface area (Å²) in [6.45, 7) is 7.51. The second kappa shape index (κ2) is 11.1. The second-order valence-corrected chi connectivity index (χ2v) is 3.30. The molecule has 0 radical (unpaired) electrons. The molecule has 0 saturated carbocycles. The maximum atomic E-state index is 11.0. The summed E-state index contributed by atoms with van der Waals surface area (Å²) in [5.41, 5.74) is -0.201. The third-order valence-corrected chi connectivity index (χ3v) is 1.86. The Balaban J connectivity index is 3.22. The van der Waals surface area contributed by atoms with Crippen molar-refractivity contribution >= 4 is 5.97 Å². The highest BCUT2D eigenvalue weighted by Gasteiger charge is 2.06. The van der Waals surface area contributed by atoms with Crippen molar-refractivity contribution in [2.75, 3.05) is 33.0 Å². The normalized spacial score (nSPS) is 9.65. The number of rotatable bonds is 10. The van der Waals surface area contributed by atoms with E-state index in [2.05, 4.69) is 13.5 Å². The molecule has 0 aromatic heterocycles. The third-order valence-electron chi connectivity index (χ3n) is 1.86. The van der Waals surface area contributed by atoms with E-state index in [4.69, 9.17) is 19.5 Å². The lowest BCUT2D eigenvalue weighted by atomic mass is 10.3.